The molecule has 0 radical (unpaired) electrons. The second-order valence-electron chi connectivity index (χ2n) is 6.19. The Morgan fingerprint density at radius 1 is 1.08 bits per heavy atom. The summed E-state index contributed by atoms with van der Waals surface area (Å²) < 4.78 is 38.4. The summed E-state index contributed by atoms with van der Waals surface area (Å²) in [5.74, 6) is 0.889. The fraction of sp³-hybridized carbons (Fsp3) is 0.368. The van der Waals surface area contributed by atoms with Crippen molar-refractivity contribution in [3.63, 3.8) is 0 Å². The molecule has 1 N–H and O–H groups in total. The van der Waals surface area contributed by atoms with Crippen molar-refractivity contribution < 1.29 is 17.9 Å². The molecule has 0 amide bonds. The third-order valence-corrected chi connectivity index (χ3v) is 6.06. The maximum Gasteiger partial charge on any atom is 0.240 e. The van der Waals surface area contributed by atoms with Gasteiger partial charge in [0.05, 0.1) is 19.1 Å². The summed E-state index contributed by atoms with van der Waals surface area (Å²) in [4.78, 5) is 2.43. The lowest BCUT2D eigenvalue weighted by molar-refractivity contribution is 0.354. The molecule has 1 unspecified atom stereocenters. The van der Waals surface area contributed by atoms with Gasteiger partial charge in [-0.3, -0.25) is 0 Å². The lowest BCUT2D eigenvalue weighted by atomic mass is 10.2. The van der Waals surface area contributed by atoms with Gasteiger partial charge in [-0.1, -0.05) is 18.2 Å². The summed E-state index contributed by atoms with van der Waals surface area (Å²) >= 11 is 0. The Labute approximate surface area is 154 Å². The van der Waals surface area contributed by atoms with Gasteiger partial charge in [-0.2, -0.15) is 0 Å². The van der Waals surface area contributed by atoms with Crippen LogP contribution < -0.4 is 19.1 Å². The molecule has 0 aliphatic carbocycles. The number of hydrogen-bond acceptors (Lipinski definition) is 5. The molecular formula is C19H24N2O4S. The average Bonchev–Trinajstić information content (AvgIpc) is 3.15. The van der Waals surface area contributed by atoms with E-state index in [1.165, 1.54) is 26.4 Å². The van der Waals surface area contributed by atoms with Crippen LogP contribution >= 0.6 is 0 Å². The standard InChI is InChI=1S/C19H24N2O4S/c1-24-18-11-10-17(13-19(18)25-2)26(22,23)20-14-16-9-6-12-21(16)15-7-4-3-5-8-15/h3-5,7-8,10-11,13,16,20H,6,9,12,14H2,1-2H3. The van der Waals surface area contributed by atoms with Gasteiger partial charge in [0.1, 0.15) is 0 Å². The van der Waals surface area contributed by atoms with Crippen molar-refractivity contribution in [1.29, 1.82) is 0 Å². The maximum absolute atomic E-state index is 12.7. The monoisotopic (exact) mass is 376 g/mol. The van der Waals surface area contributed by atoms with Crippen LogP contribution in [0.15, 0.2) is 53.4 Å². The first-order chi connectivity index (χ1) is 12.5. The molecular weight excluding hydrogens is 352 g/mol. The Hall–Kier alpha value is -2.25. The largest absolute Gasteiger partial charge is 0.493 e. The molecule has 7 heteroatoms. The maximum atomic E-state index is 12.7. The summed E-state index contributed by atoms with van der Waals surface area (Å²) in [6.45, 7) is 1.30. The summed E-state index contributed by atoms with van der Waals surface area (Å²) in [7, 11) is -0.623. The van der Waals surface area contributed by atoms with E-state index in [4.69, 9.17) is 9.47 Å². The molecule has 1 aliphatic heterocycles. The number of nitrogens with one attached hydrogen (secondary N) is 1. The summed E-state index contributed by atoms with van der Waals surface area (Å²) in [5, 5.41) is 0. The van der Waals surface area contributed by atoms with Crippen molar-refractivity contribution in [2.45, 2.75) is 23.8 Å². The molecule has 3 rings (SSSR count). The molecule has 1 fully saturated rings. The number of ether oxygens (including phenoxy) is 2. The molecule has 1 aliphatic rings. The van der Waals surface area contributed by atoms with Crippen molar-refractivity contribution in [3.05, 3.63) is 48.5 Å². The molecule has 0 bridgehead atoms. The Morgan fingerprint density at radius 2 is 1.81 bits per heavy atom. The van der Waals surface area contributed by atoms with E-state index in [9.17, 15) is 8.42 Å². The molecule has 2 aromatic rings. The number of sulfonamides is 1. The van der Waals surface area contributed by atoms with Crippen LogP contribution in [-0.4, -0.2) is 41.8 Å². The molecule has 0 saturated carbocycles. The zero-order valence-electron chi connectivity index (χ0n) is 15.0. The molecule has 1 heterocycles. The lowest BCUT2D eigenvalue weighted by Gasteiger charge is -2.27. The Morgan fingerprint density at radius 3 is 2.50 bits per heavy atom. The molecule has 26 heavy (non-hydrogen) atoms. The highest BCUT2D eigenvalue weighted by atomic mass is 32.2. The zero-order chi connectivity index (χ0) is 18.6. The Balaban J connectivity index is 1.72. The lowest BCUT2D eigenvalue weighted by Crippen LogP contribution is -2.40. The van der Waals surface area contributed by atoms with Crippen molar-refractivity contribution in [2.75, 3.05) is 32.2 Å². The Kier molecular flexibility index (Phi) is 5.68. The van der Waals surface area contributed by atoms with Crippen LogP contribution in [0.3, 0.4) is 0 Å². The van der Waals surface area contributed by atoms with Gasteiger partial charge in [-0.05, 0) is 37.1 Å². The number of hydrogen-bond donors (Lipinski definition) is 1. The fourth-order valence-corrected chi connectivity index (χ4v) is 4.37. The van der Waals surface area contributed by atoms with Crippen LogP contribution in [0.5, 0.6) is 11.5 Å². The number of rotatable bonds is 7. The quantitative estimate of drug-likeness (QED) is 0.805. The Bertz CT molecular complexity index is 840. The average molecular weight is 376 g/mol. The first-order valence-electron chi connectivity index (χ1n) is 8.58. The predicted octanol–water partition coefficient (Wildman–Crippen LogP) is 2.65. The predicted molar refractivity (Wildman–Crippen MR) is 102 cm³/mol. The second-order valence-corrected chi connectivity index (χ2v) is 7.96. The number of benzene rings is 2. The fourth-order valence-electron chi connectivity index (χ4n) is 3.28. The van der Waals surface area contributed by atoms with Crippen LogP contribution in [0, 0.1) is 0 Å². The van der Waals surface area contributed by atoms with Gasteiger partial charge >= 0.3 is 0 Å². The summed E-state index contributed by atoms with van der Waals surface area (Å²) in [6.07, 6.45) is 2.01. The van der Waals surface area contributed by atoms with Crippen molar-refractivity contribution in [2.24, 2.45) is 0 Å². The van der Waals surface area contributed by atoms with E-state index in [-0.39, 0.29) is 10.9 Å². The molecule has 0 spiro atoms. The third-order valence-electron chi connectivity index (χ3n) is 4.64. The number of anilines is 1. The SMILES string of the molecule is COc1ccc(S(=O)(=O)NCC2CCCN2c2ccccc2)cc1OC. The van der Waals surface area contributed by atoms with Crippen molar-refractivity contribution >= 4 is 15.7 Å². The molecule has 2 aromatic carbocycles. The number of para-hydroxylation sites is 1. The molecule has 1 atom stereocenters. The van der Waals surface area contributed by atoms with Gasteiger partial charge in [-0.25, -0.2) is 13.1 Å². The highest BCUT2D eigenvalue weighted by Crippen LogP contribution is 2.30. The van der Waals surface area contributed by atoms with E-state index in [1.807, 2.05) is 18.2 Å². The highest BCUT2D eigenvalue weighted by molar-refractivity contribution is 7.89. The highest BCUT2D eigenvalue weighted by Gasteiger charge is 2.27. The zero-order valence-corrected chi connectivity index (χ0v) is 15.8. The molecule has 140 valence electrons. The first-order valence-corrected chi connectivity index (χ1v) is 10.1. The molecule has 0 aromatic heterocycles. The smallest absolute Gasteiger partial charge is 0.240 e. The molecule has 6 nitrogen and oxygen atoms in total. The van der Waals surface area contributed by atoms with Crippen LogP contribution in [0.1, 0.15) is 12.8 Å². The van der Waals surface area contributed by atoms with E-state index >= 15 is 0 Å². The van der Waals surface area contributed by atoms with E-state index in [0.717, 1.165) is 25.1 Å². The topological polar surface area (TPSA) is 67.9 Å². The minimum Gasteiger partial charge on any atom is -0.493 e. The van der Waals surface area contributed by atoms with Crippen LogP contribution in [0.2, 0.25) is 0 Å². The number of methoxy groups -OCH3 is 2. The van der Waals surface area contributed by atoms with Crippen LogP contribution in [0.4, 0.5) is 5.69 Å². The van der Waals surface area contributed by atoms with Crippen LogP contribution in [0.25, 0.3) is 0 Å². The van der Waals surface area contributed by atoms with E-state index < -0.39 is 10.0 Å². The second kappa shape index (κ2) is 7.97. The van der Waals surface area contributed by atoms with Gasteiger partial charge in [0.25, 0.3) is 0 Å². The van der Waals surface area contributed by atoms with Gasteiger partial charge in [-0.15, -0.1) is 0 Å². The van der Waals surface area contributed by atoms with Crippen LogP contribution in [-0.2, 0) is 10.0 Å². The minimum atomic E-state index is -3.62. The van der Waals surface area contributed by atoms with Gasteiger partial charge in [0, 0.05) is 30.9 Å². The summed E-state index contributed by atoms with van der Waals surface area (Å²) in [5.41, 5.74) is 1.13. The third kappa shape index (κ3) is 3.94. The minimum absolute atomic E-state index is 0.146. The number of nitrogens with zero attached hydrogens (tertiary/aromatic N) is 1. The first kappa shape index (κ1) is 18.5. The van der Waals surface area contributed by atoms with Gasteiger partial charge < -0.3 is 14.4 Å². The van der Waals surface area contributed by atoms with Crippen molar-refractivity contribution in [1.82, 2.24) is 4.72 Å². The van der Waals surface area contributed by atoms with E-state index in [1.54, 1.807) is 6.07 Å². The van der Waals surface area contributed by atoms with E-state index in [0.29, 0.717) is 18.0 Å². The summed E-state index contributed by atoms with van der Waals surface area (Å²) in [6, 6.07) is 14.8. The van der Waals surface area contributed by atoms with Crippen molar-refractivity contribution in [3.8, 4) is 11.5 Å². The molecule has 1 saturated heterocycles. The normalized spacial score (nSPS) is 17.3. The van der Waals surface area contributed by atoms with E-state index in [2.05, 4.69) is 21.8 Å². The van der Waals surface area contributed by atoms with Gasteiger partial charge in [0.2, 0.25) is 10.0 Å². The van der Waals surface area contributed by atoms with Gasteiger partial charge in [0.15, 0.2) is 11.5 Å².